The van der Waals surface area contributed by atoms with Crippen molar-refractivity contribution in [2.24, 2.45) is 22.4 Å². The van der Waals surface area contributed by atoms with Gasteiger partial charge < -0.3 is 16.8 Å². The van der Waals surface area contributed by atoms with Gasteiger partial charge in [-0.15, -0.1) is 0 Å². The Labute approximate surface area is 84.4 Å². The highest BCUT2D eigenvalue weighted by atomic mass is 15.2. The first-order chi connectivity index (χ1) is 6.71. The van der Waals surface area contributed by atoms with Crippen LogP contribution in [-0.2, 0) is 0 Å². The number of nitrogens with two attached hydrogens (primary N) is 2. The zero-order chi connectivity index (χ0) is 10.0. The molecule has 1 aliphatic carbocycles. The molecule has 1 aliphatic heterocycles. The molecule has 1 unspecified atom stereocenters. The van der Waals surface area contributed by atoms with Crippen LogP contribution in [0.25, 0.3) is 0 Å². The molecule has 0 aromatic heterocycles. The lowest BCUT2D eigenvalue weighted by atomic mass is 9.80. The average Bonchev–Trinajstić information content (AvgIpc) is 2.19. The normalized spacial score (nSPS) is 33.6. The van der Waals surface area contributed by atoms with Crippen LogP contribution in [0.15, 0.2) is 17.3 Å². The molecule has 2 aliphatic rings. The fourth-order valence-electron chi connectivity index (χ4n) is 2.33. The van der Waals surface area contributed by atoms with Crippen molar-refractivity contribution in [1.82, 2.24) is 5.32 Å². The Morgan fingerprint density at radius 1 is 1.36 bits per heavy atom. The van der Waals surface area contributed by atoms with Gasteiger partial charge in [-0.3, -0.25) is 0 Å². The molecular formula is C10H18N4. The number of guanidine groups is 1. The highest BCUT2D eigenvalue weighted by Crippen LogP contribution is 2.33. The van der Waals surface area contributed by atoms with Gasteiger partial charge in [0.15, 0.2) is 5.96 Å². The maximum Gasteiger partial charge on any atom is 0.194 e. The Hall–Kier alpha value is -1.03. The van der Waals surface area contributed by atoms with Gasteiger partial charge in [0.05, 0.1) is 0 Å². The Morgan fingerprint density at radius 3 is 2.71 bits per heavy atom. The summed E-state index contributed by atoms with van der Waals surface area (Å²) in [5.41, 5.74) is 11.3. The molecule has 0 amide bonds. The summed E-state index contributed by atoms with van der Waals surface area (Å²) < 4.78 is 0. The van der Waals surface area contributed by atoms with Crippen LogP contribution in [0, 0.1) is 5.92 Å². The van der Waals surface area contributed by atoms with Crippen molar-refractivity contribution < 1.29 is 0 Å². The third-order valence-electron chi connectivity index (χ3n) is 3.15. The monoisotopic (exact) mass is 194 g/mol. The first kappa shape index (κ1) is 9.52. The van der Waals surface area contributed by atoms with Gasteiger partial charge in [0.1, 0.15) is 5.66 Å². The number of nitrogens with zero attached hydrogens (tertiary/aromatic N) is 1. The van der Waals surface area contributed by atoms with E-state index in [1.54, 1.807) is 6.20 Å². The van der Waals surface area contributed by atoms with E-state index in [1.165, 1.54) is 19.3 Å². The van der Waals surface area contributed by atoms with Crippen molar-refractivity contribution >= 4 is 5.96 Å². The fraction of sp³-hybridized carbons (Fsp3) is 0.700. The standard InChI is InChI=1S/C10H18N4/c11-9-13-7-6-10(12,14-9)8-4-2-1-3-5-8/h6-8H,1-5,12H2,(H3,11,13,14). The van der Waals surface area contributed by atoms with Crippen molar-refractivity contribution in [3.8, 4) is 0 Å². The molecule has 1 heterocycles. The summed E-state index contributed by atoms with van der Waals surface area (Å²) in [6, 6.07) is 0. The van der Waals surface area contributed by atoms with Crippen molar-refractivity contribution in [1.29, 1.82) is 0 Å². The van der Waals surface area contributed by atoms with Crippen molar-refractivity contribution in [2.45, 2.75) is 37.8 Å². The number of hydrogen-bond acceptors (Lipinski definition) is 4. The van der Waals surface area contributed by atoms with Crippen molar-refractivity contribution in [2.75, 3.05) is 0 Å². The summed E-state index contributed by atoms with van der Waals surface area (Å²) in [5.74, 6) is 0.883. The predicted molar refractivity (Wildman–Crippen MR) is 57.4 cm³/mol. The minimum atomic E-state index is -0.560. The van der Waals surface area contributed by atoms with Gasteiger partial charge in [0, 0.05) is 12.1 Å². The first-order valence-electron chi connectivity index (χ1n) is 5.29. The lowest BCUT2D eigenvalue weighted by Gasteiger charge is -2.35. The zero-order valence-electron chi connectivity index (χ0n) is 8.37. The number of nitrogens with one attached hydrogen (secondary N) is 1. The first-order valence-corrected chi connectivity index (χ1v) is 5.29. The molecule has 5 N–H and O–H groups in total. The molecule has 1 atom stereocenters. The van der Waals surface area contributed by atoms with E-state index in [2.05, 4.69) is 10.3 Å². The van der Waals surface area contributed by atoms with Crippen LogP contribution in [0.4, 0.5) is 0 Å². The third kappa shape index (κ3) is 1.75. The highest BCUT2D eigenvalue weighted by molar-refractivity contribution is 5.80. The molecule has 4 nitrogen and oxygen atoms in total. The SMILES string of the molecule is NC1=NC(N)(C2CCCCC2)C=CN1. The van der Waals surface area contributed by atoms with E-state index in [0.29, 0.717) is 11.9 Å². The van der Waals surface area contributed by atoms with Crippen LogP contribution in [0.1, 0.15) is 32.1 Å². The van der Waals surface area contributed by atoms with Crippen LogP contribution < -0.4 is 16.8 Å². The molecule has 0 spiro atoms. The van der Waals surface area contributed by atoms with Crippen LogP contribution in [-0.4, -0.2) is 11.6 Å². The summed E-state index contributed by atoms with van der Waals surface area (Å²) in [5, 5.41) is 2.84. The second kappa shape index (κ2) is 3.61. The fourth-order valence-corrected chi connectivity index (χ4v) is 2.33. The molecule has 0 saturated heterocycles. The van der Waals surface area contributed by atoms with E-state index in [0.717, 1.165) is 12.8 Å². The lowest BCUT2D eigenvalue weighted by molar-refractivity contribution is 0.253. The Bertz CT molecular complexity index is 265. The van der Waals surface area contributed by atoms with E-state index in [-0.39, 0.29) is 0 Å². The summed E-state index contributed by atoms with van der Waals surface area (Å²) in [6.45, 7) is 0. The molecule has 0 radical (unpaired) electrons. The second-order valence-corrected chi connectivity index (χ2v) is 4.20. The van der Waals surface area contributed by atoms with Gasteiger partial charge in [-0.2, -0.15) is 0 Å². The molecule has 0 aromatic carbocycles. The predicted octanol–water partition coefficient (Wildman–Crippen LogP) is 0.653. The molecule has 1 fully saturated rings. The van der Waals surface area contributed by atoms with E-state index in [9.17, 15) is 0 Å². The molecule has 78 valence electrons. The van der Waals surface area contributed by atoms with Crippen LogP contribution in [0.3, 0.4) is 0 Å². The van der Waals surface area contributed by atoms with Gasteiger partial charge in [0.25, 0.3) is 0 Å². The van der Waals surface area contributed by atoms with Gasteiger partial charge in [-0.05, 0) is 18.9 Å². The zero-order valence-corrected chi connectivity index (χ0v) is 8.37. The van der Waals surface area contributed by atoms with E-state index in [1.807, 2.05) is 6.08 Å². The molecule has 1 saturated carbocycles. The Balaban J connectivity index is 2.13. The maximum absolute atomic E-state index is 6.23. The highest BCUT2D eigenvalue weighted by Gasteiger charge is 2.34. The summed E-state index contributed by atoms with van der Waals surface area (Å²) >= 11 is 0. The number of hydrogen-bond donors (Lipinski definition) is 3. The van der Waals surface area contributed by atoms with Crippen LogP contribution in [0.2, 0.25) is 0 Å². The van der Waals surface area contributed by atoms with E-state index < -0.39 is 5.66 Å². The third-order valence-corrected chi connectivity index (χ3v) is 3.15. The molecular weight excluding hydrogens is 176 g/mol. The summed E-state index contributed by atoms with van der Waals surface area (Å²) in [7, 11) is 0. The Morgan fingerprint density at radius 2 is 2.07 bits per heavy atom. The summed E-state index contributed by atoms with van der Waals surface area (Å²) in [4.78, 5) is 4.31. The van der Waals surface area contributed by atoms with Gasteiger partial charge in [0.2, 0.25) is 0 Å². The van der Waals surface area contributed by atoms with Crippen molar-refractivity contribution in [3.63, 3.8) is 0 Å². The quantitative estimate of drug-likeness (QED) is 0.573. The molecule has 0 aromatic rings. The molecule has 14 heavy (non-hydrogen) atoms. The van der Waals surface area contributed by atoms with E-state index >= 15 is 0 Å². The largest absolute Gasteiger partial charge is 0.370 e. The van der Waals surface area contributed by atoms with Crippen LogP contribution >= 0.6 is 0 Å². The smallest absolute Gasteiger partial charge is 0.194 e. The number of rotatable bonds is 1. The Kier molecular flexibility index (Phi) is 2.46. The van der Waals surface area contributed by atoms with Gasteiger partial charge >= 0.3 is 0 Å². The second-order valence-electron chi connectivity index (χ2n) is 4.20. The molecule has 0 bridgehead atoms. The lowest BCUT2D eigenvalue weighted by Crippen LogP contribution is -2.50. The number of aliphatic imine (C=N–C) groups is 1. The average molecular weight is 194 g/mol. The van der Waals surface area contributed by atoms with Crippen molar-refractivity contribution in [3.05, 3.63) is 12.3 Å². The minimum Gasteiger partial charge on any atom is -0.370 e. The van der Waals surface area contributed by atoms with Crippen LogP contribution in [0.5, 0.6) is 0 Å². The maximum atomic E-state index is 6.23. The molecule has 2 rings (SSSR count). The molecule has 4 heteroatoms. The van der Waals surface area contributed by atoms with Gasteiger partial charge in [-0.25, -0.2) is 4.99 Å². The topological polar surface area (TPSA) is 76.4 Å². The minimum absolute atomic E-state index is 0.431. The van der Waals surface area contributed by atoms with Gasteiger partial charge in [-0.1, -0.05) is 19.3 Å². The summed E-state index contributed by atoms with van der Waals surface area (Å²) in [6.07, 6.45) is 9.92. The van der Waals surface area contributed by atoms with E-state index in [4.69, 9.17) is 11.5 Å².